The molecule has 0 spiro atoms. The van der Waals surface area contributed by atoms with Crippen molar-refractivity contribution in [2.45, 2.75) is 19.8 Å². The van der Waals surface area contributed by atoms with Gasteiger partial charge in [-0.1, -0.05) is 0 Å². The number of aromatic nitrogens is 2. The first kappa shape index (κ1) is 11.8. The Bertz CT molecular complexity index is 488. The van der Waals surface area contributed by atoms with Crippen LogP contribution in [-0.2, 0) is 18.3 Å². The van der Waals surface area contributed by atoms with Crippen molar-refractivity contribution in [2.75, 3.05) is 14.1 Å². The minimum absolute atomic E-state index is 0.0165. The molecule has 1 unspecified atom stereocenters. The predicted molar refractivity (Wildman–Crippen MR) is 62.8 cm³/mol. The number of hydrogen-bond donors (Lipinski definition) is 0. The maximum atomic E-state index is 11.9. The Morgan fingerprint density at radius 2 is 2.06 bits per heavy atom. The molecule has 0 saturated carbocycles. The minimum Gasteiger partial charge on any atom is -0.349 e. The lowest BCUT2D eigenvalue weighted by Crippen LogP contribution is -2.35. The van der Waals surface area contributed by atoms with E-state index < -0.39 is 0 Å². The molecule has 1 aliphatic rings. The second kappa shape index (κ2) is 3.98. The van der Waals surface area contributed by atoms with Crippen LogP contribution in [0, 0.1) is 12.8 Å². The van der Waals surface area contributed by atoms with Crippen LogP contribution in [0.3, 0.4) is 0 Å². The van der Waals surface area contributed by atoms with Crippen molar-refractivity contribution in [3.05, 3.63) is 17.2 Å². The highest BCUT2D eigenvalue weighted by atomic mass is 16.2. The molecule has 0 saturated heterocycles. The zero-order valence-corrected chi connectivity index (χ0v) is 10.6. The second-order valence-electron chi connectivity index (χ2n) is 4.77. The van der Waals surface area contributed by atoms with Crippen molar-refractivity contribution < 1.29 is 9.59 Å². The molecule has 17 heavy (non-hydrogen) atoms. The third-order valence-electron chi connectivity index (χ3n) is 3.36. The molecule has 0 radical (unpaired) electrons. The monoisotopic (exact) mass is 235 g/mol. The highest BCUT2D eigenvalue weighted by Crippen LogP contribution is 2.26. The molecule has 1 aliphatic carbocycles. The predicted octanol–water partition coefficient (Wildman–Crippen LogP) is 0.562. The van der Waals surface area contributed by atoms with Crippen LogP contribution in [0.4, 0.5) is 0 Å². The van der Waals surface area contributed by atoms with Gasteiger partial charge in [0.1, 0.15) is 11.5 Å². The molecule has 92 valence electrons. The standard InChI is InChI=1S/C12H17N3O2/c1-7-13-11-9(15(7)4)5-8(6-10(11)16)12(17)14(2)3/h8H,5-6H2,1-4H3. The van der Waals surface area contributed by atoms with E-state index in [1.165, 1.54) is 0 Å². The van der Waals surface area contributed by atoms with E-state index in [1.54, 1.807) is 19.0 Å². The highest BCUT2D eigenvalue weighted by molar-refractivity contribution is 5.99. The molecule has 5 heteroatoms. The smallest absolute Gasteiger partial charge is 0.226 e. The second-order valence-corrected chi connectivity index (χ2v) is 4.77. The Kier molecular flexibility index (Phi) is 2.77. The van der Waals surface area contributed by atoms with Gasteiger partial charge in [-0.05, 0) is 6.92 Å². The van der Waals surface area contributed by atoms with Crippen LogP contribution in [-0.4, -0.2) is 40.2 Å². The molecule has 0 N–H and O–H groups in total. The summed E-state index contributed by atoms with van der Waals surface area (Å²) in [5.41, 5.74) is 1.44. The van der Waals surface area contributed by atoms with Gasteiger partial charge in [-0.2, -0.15) is 0 Å². The third kappa shape index (κ3) is 1.85. The first-order valence-corrected chi connectivity index (χ1v) is 5.68. The van der Waals surface area contributed by atoms with Gasteiger partial charge in [0.15, 0.2) is 5.78 Å². The summed E-state index contributed by atoms with van der Waals surface area (Å²) >= 11 is 0. The zero-order chi connectivity index (χ0) is 12.7. The number of aryl methyl sites for hydroxylation is 1. The number of hydrogen-bond acceptors (Lipinski definition) is 3. The lowest BCUT2D eigenvalue weighted by Gasteiger charge is -2.23. The Morgan fingerprint density at radius 1 is 1.41 bits per heavy atom. The van der Waals surface area contributed by atoms with Crippen molar-refractivity contribution in [1.82, 2.24) is 14.5 Å². The lowest BCUT2D eigenvalue weighted by molar-refractivity contribution is -0.133. The third-order valence-corrected chi connectivity index (χ3v) is 3.36. The summed E-state index contributed by atoms with van der Waals surface area (Å²) in [4.78, 5) is 29.7. The average Bonchev–Trinajstić information content (AvgIpc) is 2.55. The van der Waals surface area contributed by atoms with E-state index in [-0.39, 0.29) is 24.0 Å². The largest absolute Gasteiger partial charge is 0.349 e. The van der Waals surface area contributed by atoms with Crippen molar-refractivity contribution in [1.29, 1.82) is 0 Å². The van der Waals surface area contributed by atoms with Crippen molar-refractivity contribution in [2.24, 2.45) is 13.0 Å². The Balaban J connectivity index is 2.36. The maximum absolute atomic E-state index is 11.9. The summed E-state index contributed by atoms with van der Waals surface area (Å²) in [5.74, 6) is 0.583. The van der Waals surface area contributed by atoms with Crippen molar-refractivity contribution >= 4 is 11.7 Å². The van der Waals surface area contributed by atoms with Gasteiger partial charge >= 0.3 is 0 Å². The van der Waals surface area contributed by atoms with E-state index >= 15 is 0 Å². The molecule has 0 aliphatic heterocycles. The summed E-state index contributed by atoms with van der Waals surface area (Å²) in [6.45, 7) is 1.87. The van der Waals surface area contributed by atoms with E-state index in [2.05, 4.69) is 4.98 Å². The van der Waals surface area contributed by atoms with Crippen LogP contribution < -0.4 is 0 Å². The van der Waals surface area contributed by atoms with Crippen LogP contribution in [0.25, 0.3) is 0 Å². The van der Waals surface area contributed by atoms with E-state index in [0.717, 1.165) is 11.5 Å². The zero-order valence-electron chi connectivity index (χ0n) is 10.6. The molecule has 2 rings (SSSR count). The average molecular weight is 235 g/mol. The summed E-state index contributed by atoms with van der Waals surface area (Å²) < 4.78 is 1.91. The van der Waals surface area contributed by atoms with Gasteiger partial charge in [-0.25, -0.2) is 4.98 Å². The first-order chi connectivity index (χ1) is 7.91. The number of fused-ring (bicyclic) bond motifs is 1. The van der Waals surface area contributed by atoms with Crippen LogP contribution >= 0.6 is 0 Å². The number of rotatable bonds is 1. The number of amides is 1. The summed E-state index contributed by atoms with van der Waals surface area (Å²) in [7, 11) is 5.32. The number of ketones is 1. The van der Waals surface area contributed by atoms with Gasteiger partial charge in [0.05, 0.1) is 5.92 Å². The fraction of sp³-hybridized carbons (Fsp3) is 0.583. The quantitative estimate of drug-likeness (QED) is 0.714. The maximum Gasteiger partial charge on any atom is 0.226 e. The fourth-order valence-electron chi connectivity index (χ4n) is 2.28. The topological polar surface area (TPSA) is 55.2 Å². The normalized spacial score (nSPS) is 19.1. The molecule has 1 aromatic rings. The SMILES string of the molecule is Cc1nc2c(n1C)CC(C(=O)N(C)C)CC2=O. The van der Waals surface area contributed by atoms with Gasteiger partial charge in [-0.3, -0.25) is 9.59 Å². The minimum atomic E-state index is -0.236. The molecule has 1 atom stereocenters. The summed E-state index contributed by atoms with van der Waals surface area (Å²) in [5, 5.41) is 0. The van der Waals surface area contributed by atoms with E-state index in [9.17, 15) is 9.59 Å². The van der Waals surface area contributed by atoms with Crippen LogP contribution in [0.2, 0.25) is 0 Å². The van der Waals surface area contributed by atoms with Gasteiger partial charge in [-0.15, -0.1) is 0 Å². The summed E-state index contributed by atoms with van der Waals surface area (Å²) in [6, 6.07) is 0. The van der Waals surface area contributed by atoms with Gasteiger partial charge < -0.3 is 9.47 Å². The number of nitrogens with zero attached hydrogens (tertiary/aromatic N) is 3. The number of Topliss-reactive ketones (excluding diaryl/α,β-unsaturated/α-hetero) is 1. The van der Waals surface area contributed by atoms with Crippen molar-refractivity contribution in [3.63, 3.8) is 0 Å². The Hall–Kier alpha value is -1.65. The Labute approximate surface area is 100 Å². The number of imidazole rings is 1. The molecule has 1 heterocycles. The van der Waals surface area contributed by atoms with Crippen LogP contribution in [0.5, 0.6) is 0 Å². The fourth-order valence-corrected chi connectivity index (χ4v) is 2.28. The van der Waals surface area contributed by atoms with Gasteiger partial charge in [0, 0.05) is 39.7 Å². The molecular weight excluding hydrogens is 218 g/mol. The van der Waals surface area contributed by atoms with E-state index in [1.807, 2.05) is 18.5 Å². The van der Waals surface area contributed by atoms with Crippen LogP contribution in [0.15, 0.2) is 0 Å². The van der Waals surface area contributed by atoms with E-state index in [0.29, 0.717) is 12.1 Å². The molecule has 1 amide bonds. The molecule has 1 aromatic heterocycles. The first-order valence-electron chi connectivity index (χ1n) is 5.68. The number of carbonyl (C=O) groups excluding carboxylic acids is 2. The molecule has 5 nitrogen and oxygen atoms in total. The summed E-state index contributed by atoms with van der Waals surface area (Å²) in [6.07, 6.45) is 0.885. The number of carbonyl (C=O) groups is 2. The van der Waals surface area contributed by atoms with E-state index in [4.69, 9.17) is 0 Å². The molecule has 0 fully saturated rings. The highest BCUT2D eigenvalue weighted by Gasteiger charge is 2.34. The van der Waals surface area contributed by atoms with Gasteiger partial charge in [0.2, 0.25) is 5.91 Å². The lowest BCUT2D eigenvalue weighted by atomic mass is 9.88. The molecular formula is C12H17N3O2. The molecule has 0 bridgehead atoms. The molecule has 0 aromatic carbocycles. The Morgan fingerprint density at radius 3 is 2.65 bits per heavy atom. The van der Waals surface area contributed by atoms with Crippen LogP contribution in [0.1, 0.15) is 28.4 Å². The van der Waals surface area contributed by atoms with Gasteiger partial charge in [0.25, 0.3) is 0 Å². The van der Waals surface area contributed by atoms with Crippen molar-refractivity contribution in [3.8, 4) is 0 Å².